The molecule has 1 amide bonds. The van der Waals surface area contributed by atoms with Gasteiger partial charge in [0.2, 0.25) is 5.91 Å². The Hall–Kier alpha value is -1.06. The van der Waals surface area contributed by atoms with Gasteiger partial charge in [0.1, 0.15) is 0 Å². The minimum absolute atomic E-state index is 0.0139. The van der Waals surface area contributed by atoms with E-state index in [1.165, 1.54) is 0 Å². The molecule has 0 aromatic heterocycles. The number of carboxylic acid groups (broad SMARTS) is 1. The molecule has 0 saturated carbocycles. The van der Waals surface area contributed by atoms with Crippen LogP contribution in [0.3, 0.4) is 0 Å². The van der Waals surface area contributed by atoms with Crippen molar-refractivity contribution in [3.8, 4) is 0 Å². The van der Waals surface area contributed by atoms with Crippen LogP contribution in [0.4, 0.5) is 0 Å². The number of carbonyl (C=O) groups excluding carboxylic acids is 1. The Labute approximate surface area is 77.3 Å². The zero-order valence-electron chi connectivity index (χ0n) is 7.75. The van der Waals surface area contributed by atoms with Crippen molar-refractivity contribution in [3.05, 3.63) is 0 Å². The van der Waals surface area contributed by atoms with Crippen LogP contribution in [-0.4, -0.2) is 23.5 Å². The van der Waals surface area contributed by atoms with Crippen LogP contribution in [0, 0.1) is 11.8 Å². The van der Waals surface area contributed by atoms with Gasteiger partial charge in [-0.15, -0.1) is 0 Å². The molecule has 2 N–H and O–H groups in total. The van der Waals surface area contributed by atoms with Crippen molar-refractivity contribution in [2.24, 2.45) is 11.8 Å². The van der Waals surface area contributed by atoms with Gasteiger partial charge in [-0.1, -0.05) is 6.92 Å². The number of aliphatic carboxylic acids is 1. The zero-order chi connectivity index (χ0) is 9.84. The van der Waals surface area contributed by atoms with Crippen LogP contribution < -0.4 is 5.32 Å². The number of hydrogen-bond donors (Lipinski definition) is 2. The highest BCUT2D eigenvalue weighted by Gasteiger charge is 2.28. The van der Waals surface area contributed by atoms with Crippen LogP contribution in [0.15, 0.2) is 0 Å². The fourth-order valence-electron chi connectivity index (χ4n) is 1.76. The first-order valence-electron chi connectivity index (χ1n) is 4.60. The van der Waals surface area contributed by atoms with Crippen molar-refractivity contribution >= 4 is 11.9 Å². The summed E-state index contributed by atoms with van der Waals surface area (Å²) in [6, 6.07) is 0. The molecule has 0 unspecified atom stereocenters. The van der Waals surface area contributed by atoms with E-state index in [4.69, 9.17) is 5.11 Å². The summed E-state index contributed by atoms with van der Waals surface area (Å²) in [6.07, 6.45) is 1.86. The molecule has 74 valence electrons. The van der Waals surface area contributed by atoms with Crippen molar-refractivity contribution in [1.82, 2.24) is 5.32 Å². The van der Waals surface area contributed by atoms with Gasteiger partial charge in [0.25, 0.3) is 0 Å². The summed E-state index contributed by atoms with van der Waals surface area (Å²) in [5.74, 6) is -0.978. The molecule has 1 fully saturated rings. The Morgan fingerprint density at radius 1 is 1.77 bits per heavy atom. The van der Waals surface area contributed by atoms with Crippen molar-refractivity contribution in [2.45, 2.75) is 26.2 Å². The van der Waals surface area contributed by atoms with Crippen molar-refractivity contribution in [1.29, 1.82) is 0 Å². The van der Waals surface area contributed by atoms with Gasteiger partial charge in [-0.05, 0) is 18.8 Å². The van der Waals surface area contributed by atoms with Crippen LogP contribution in [-0.2, 0) is 9.59 Å². The predicted octanol–water partition coefficient (Wildman–Crippen LogP) is 0.623. The second kappa shape index (κ2) is 4.25. The average Bonchev–Trinajstić information content (AvgIpc) is 2.03. The Balaban J connectivity index is 2.48. The van der Waals surface area contributed by atoms with Gasteiger partial charge in [0, 0.05) is 18.9 Å². The molecule has 0 spiro atoms. The van der Waals surface area contributed by atoms with Crippen LogP contribution in [0.25, 0.3) is 0 Å². The highest BCUT2D eigenvalue weighted by molar-refractivity contribution is 5.80. The lowest BCUT2D eigenvalue weighted by Gasteiger charge is -2.26. The van der Waals surface area contributed by atoms with Crippen molar-refractivity contribution in [2.75, 3.05) is 6.54 Å². The van der Waals surface area contributed by atoms with E-state index in [9.17, 15) is 9.59 Å². The maximum absolute atomic E-state index is 11.3. The standard InChI is InChI=1S/C9H15NO3/c1-6(5-8(11)12)7-3-2-4-10-9(7)13/h6-7H,2-5H2,1H3,(H,10,13)(H,11,12)/t6-,7-/m1/s1. The number of piperidine rings is 1. The molecule has 0 aromatic rings. The van der Waals surface area contributed by atoms with Gasteiger partial charge in [-0.25, -0.2) is 0 Å². The van der Waals surface area contributed by atoms with Crippen LogP contribution in [0.5, 0.6) is 0 Å². The fourth-order valence-corrected chi connectivity index (χ4v) is 1.76. The molecule has 0 bridgehead atoms. The zero-order valence-corrected chi connectivity index (χ0v) is 7.75. The number of carbonyl (C=O) groups is 2. The predicted molar refractivity (Wildman–Crippen MR) is 47.2 cm³/mol. The van der Waals surface area contributed by atoms with Gasteiger partial charge >= 0.3 is 5.97 Å². The van der Waals surface area contributed by atoms with E-state index in [1.807, 2.05) is 6.92 Å². The summed E-state index contributed by atoms with van der Waals surface area (Å²) < 4.78 is 0. The summed E-state index contributed by atoms with van der Waals surface area (Å²) >= 11 is 0. The SMILES string of the molecule is C[C@H](CC(=O)O)[C@H]1CCCNC1=O. The third kappa shape index (κ3) is 2.72. The Morgan fingerprint density at radius 2 is 2.46 bits per heavy atom. The molecule has 1 aliphatic rings. The first kappa shape index (κ1) is 10.0. The molecule has 1 rings (SSSR count). The summed E-state index contributed by atoms with van der Waals surface area (Å²) in [7, 11) is 0. The average molecular weight is 185 g/mol. The van der Waals surface area contributed by atoms with Crippen molar-refractivity contribution in [3.63, 3.8) is 0 Å². The molecule has 1 saturated heterocycles. The van der Waals surface area contributed by atoms with Gasteiger partial charge in [0.15, 0.2) is 0 Å². The molecule has 13 heavy (non-hydrogen) atoms. The maximum atomic E-state index is 11.3. The first-order chi connectivity index (χ1) is 6.11. The topological polar surface area (TPSA) is 66.4 Å². The Kier molecular flexibility index (Phi) is 3.28. The summed E-state index contributed by atoms with van der Waals surface area (Å²) in [6.45, 7) is 2.55. The third-order valence-electron chi connectivity index (χ3n) is 2.51. The first-order valence-corrected chi connectivity index (χ1v) is 4.60. The third-order valence-corrected chi connectivity index (χ3v) is 2.51. The van der Waals surface area contributed by atoms with Gasteiger partial charge in [0.05, 0.1) is 0 Å². The lowest BCUT2D eigenvalue weighted by Crippen LogP contribution is -2.39. The van der Waals surface area contributed by atoms with E-state index in [0.29, 0.717) is 0 Å². The highest BCUT2D eigenvalue weighted by atomic mass is 16.4. The smallest absolute Gasteiger partial charge is 0.303 e. The lowest BCUT2D eigenvalue weighted by molar-refractivity contribution is -0.139. The number of carboxylic acids is 1. The van der Waals surface area contributed by atoms with E-state index < -0.39 is 5.97 Å². The maximum Gasteiger partial charge on any atom is 0.303 e. The van der Waals surface area contributed by atoms with E-state index in [0.717, 1.165) is 19.4 Å². The quantitative estimate of drug-likeness (QED) is 0.677. The normalized spacial score (nSPS) is 25.0. The van der Waals surface area contributed by atoms with E-state index in [-0.39, 0.29) is 24.2 Å². The second-order valence-corrected chi connectivity index (χ2v) is 3.61. The summed E-state index contributed by atoms with van der Waals surface area (Å²) in [5, 5.41) is 11.3. The van der Waals surface area contributed by atoms with Crippen molar-refractivity contribution < 1.29 is 14.7 Å². The second-order valence-electron chi connectivity index (χ2n) is 3.61. The molecule has 0 radical (unpaired) electrons. The minimum atomic E-state index is -0.828. The van der Waals surface area contributed by atoms with Crippen LogP contribution in [0.1, 0.15) is 26.2 Å². The highest BCUT2D eigenvalue weighted by Crippen LogP contribution is 2.23. The van der Waals surface area contributed by atoms with Crippen LogP contribution in [0.2, 0.25) is 0 Å². The van der Waals surface area contributed by atoms with Gasteiger partial charge in [-0.3, -0.25) is 9.59 Å². The largest absolute Gasteiger partial charge is 0.481 e. The van der Waals surface area contributed by atoms with E-state index in [1.54, 1.807) is 0 Å². The van der Waals surface area contributed by atoms with E-state index >= 15 is 0 Å². The molecule has 2 atom stereocenters. The van der Waals surface area contributed by atoms with Gasteiger partial charge < -0.3 is 10.4 Å². The summed E-state index contributed by atoms with van der Waals surface area (Å²) in [5.41, 5.74) is 0. The number of rotatable bonds is 3. The lowest BCUT2D eigenvalue weighted by atomic mass is 9.85. The molecule has 1 aliphatic heterocycles. The number of nitrogens with one attached hydrogen (secondary N) is 1. The minimum Gasteiger partial charge on any atom is -0.481 e. The Morgan fingerprint density at radius 3 is 3.00 bits per heavy atom. The number of amides is 1. The van der Waals surface area contributed by atoms with Crippen LogP contribution >= 0.6 is 0 Å². The monoisotopic (exact) mass is 185 g/mol. The molecule has 0 aromatic carbocycles. The van der Waals surface area contributed by atoms with E-state index in [2.05, 4.69) is 5.32 Å². The summed E-state index contributed by atoms with van der Waals surface area (Å²) in [4.78, 5) is 21.7. The molecule has 1 heterocycles. The fraction of sp³-hybridized carbons (Fsp3) is 0.778. The molecular formula is C9H15NO3. The molecular weight excluding hydrogens is 170 g/mol. The number of hydrogen-bond acceptors (Lipinski definition) is 2. The Bertz CT molecular complexity index is 215. The molecule has 4 heteroatoms. The molecule has 4 nitrogen and oxygen atoms in total. The molecule has 0 aliphatic carbocycles. The van der Waals surface area contributed by atoms with Gasteiger partial charge in [-0.2, -0.15) is 0 Å².